The number of hydrogen-bond donors (Lipinski definition) is 1. The molecule has 23 heavy (non-hydrogen) atoms. The van der Waals surface area contributed by atoms with Gasteiger partial charge in [-0.3, -0.25) is 4.79 Å². The van der Waals surface area contributed by atoms with Gasteiger partial charge >= 0.3 is 0 Å². The molecule has 0 aliphatic rings. The van der Waals surface area contributed by atoms with Gasteiger partial charge in [-0.25, -0.2) is 0 Å². The Morgan fingerprint density at radius 2 is 1.70 bits per heavy atom. The van der Waals surface area contributed by atoms with Crippen molar-refractivity contribution >= 4 is 5.91 Å². The highest BCUT2D eigenvalue weighted by atomic mass is 16.5. The number of amides is 1. The number of nitrogens with one attached hydrogen (secondary N) is 1. The minimum atomic E-state index is -0.0947. The van der Waals surface area contributed by atoms with Gasteiger partial charge in [0.1, 0.15) is 5.75 Å². The van der Waals surface area contributed by atoms with Crippen molar-refractivity contribution in [2.24, 2.45) is 5.92 Å². The van der Waals surface area contributed by atoms with Crippen molar-refractivity contribution in [3.05, 3.63) is 65.7 Å². The molecule has 1 atom stereocenters. The van der Waals surface area contributed by atoms with Crippen LogP contribution in [-0.2, 0) is 4.79 Å². The van der Waals surface area contributed by atoms with Crippen LogP contribution in [0.1, 0.15) is 37.4 Å². The third-order valence-corrected chi connectivity index (χ3v) is 3.70. The van der Waals surface area contributed by atoms with Crippen molar-refractivity contribution in [3.63, 3.8) is 0 Å². The molecule has 0 bridgehead atoms. The summed E-state index contributed by atoms with van der Waals surface area (Å²) < 4.78 is 5.63. The summed E-state index contributed by atoms with van der Waals surface area (Å²) in [5, 5.41) is 3.09. The first kappa shape index (κ1) is 17.1. The van der Waals surface area contributed by atoms with E-state index in [0.717, 1.165) is 23.3 Å². The molecule has 122 valence electrons. The summed E-state index contributed by atoms with van der Waals surface area (Å²) in [7, 11) is 0. The molecule has 1 unspecified atom stereocenters. The SMILES string of the molecule is Cc1ccccc1OCC(=O)NC(CC(C)C)c1ccccc1. The number of aryl methyl sites for hydroxylation is 1. The Morgan fingerprint density at radius 1 is 1.04 bits per heavy atom. The summed E-state index contributed by atoms with van der Waals surface area (Å²) >= 11 is 0. The van der Waals surface area contributed by atoms with Crippen LogP contribution in [0.25, 0.3) is 0 Å². The molecule has 3 heteroatoms. The van der Waals surface area contributed by atoms with E-state index < -0.39 is 0 Å². The highest BCUT2D eigenvalue weighted by molar-refractivity contribution is 5.78. The zero-order chi connectivity index (χ0) is 16.7. The van der Waals surface area contributed by atoms with E-state index >= 15 is 0 Å². The zero-order valence-electron chi connectivity index (χ0n) is 14.1. The summed E-state index contributed by atoms with van der Waals surface area (Å²) in [6, 6.07) is 17.8. The second-order valence-electron chi connectivity index (χ2n) is 6.21. The molecule has 0 aliphatic heterocycles. The molecule has 0 saturated carbocycles. The highest BCUT2D eigenvalue weighted by Gasteiger charge is 2.16. The van der Waals surface area contributed by atoms with Gasteiger partial charge in [0, 0.05) is 0 Å². The van der Waals surface area contributed by atoms with E-state index in [1.165, 1.54) is 0 Å². The van der Waals surface area contributed by atoms with Crippen molar-refractivity contribution in [3.8, 4) is 5.75 Å². The lowest BCUT2D eigenvalue weighted by molar-refractivity contribution is -0.124. The normalized spacial score (nSPS) is 12.0. The summed E-state index contributed by atoms with van der Waals surface area (Å²) in [4.78, 5) is 12.3. The number of benzene rings is 2. The fourth-order valence-corrected chi connectivity index (χ4v) is 2.53. The summed E-state index contributed by atoms with van der Waals surface area (Å²) in [6.45, 7) is 6.32. The average molecular weight is 311 g/mol. The highest BCUT2D eigenvalue weighted by Crippen LogP contribution is 2.21. The molecule has 0 aromatic heterocycles. The van der Waals surface area contributed by atoms with E-state index in [9.17, 15) is 4.79 Å². The minimum Gasteiger partial charge on any atom is -0.484 e. The lowest BCUT2D eigenvalue weighted by Crippen LogP contribution is -2.33. The van der Waals surface area contributed by atoms with Crippen LogP contribution in [0.5, 0.6) is 5.75 Å². The second-order valence-corrected chi connectivity index (χ2v) is 6.21. The predicted molar refractivity (Wildman–Crippen MR) is 93.5 cm³/mol. The number of carbonyl (C=O) groups is 1. The molecular formula is C20H25NO2. The van der Waals surface area contributed by atoms with Crippen LogP contribution in [0.4, 0.5) is 0 Å². The largest absolute Gasteiger partial charge is 0.484 e. The quantitative estimate of drug-likeness (QED) is 0.829. The Hall–Kier alpha value is -2.29. The fraction of sp³-hybridized carbons (Fsp3) is 0.350. The molecule has 1 N–H and O–H groups in total. The molecule has 1 amide bonds. The maximum absolute atomic E-state index is 12.3. The number of ether oxygens (including phenoxy) is 1. The van der Waals surface area contributed by atoms with Crippen LogP contribution in [0.3, 0.4) is 0 Å². The van der Waals surface area contributed by atoms with Crippen molar-refractivity contribution in [2.75, 3.05) is 6.61 Å². The number of carbonyl (C=O) groups excluding carboxylic acids is 1. The summed E-state index contributed by atoms with van der Waals surface area (Å²) in [5.74, 6) is 1.16. The first-order chi connectivity index (χ1) is 11.1. The third-order valence-electron chi connectivity index (χ3n) is 3.70. The number of hydrogen-bond acceptors (Lipinski definition) is 2. The van der Waals surface area contributed by atoms with Crippen LogP contribution >= 0.6 is 0 Å². The van der Waals surface area contributed by atoms with Gasteiger partial charge in [-0.2, -0.15) is 0 Å². The molecular weight excluding hydrogens is 286 g/mol. The van der Waals surface area contributed by atoms with Gasteiger partial charge in [0.15, 0.2) is 6.61 Å². The lowest BCUT2D eigenvalue weighted by atomic mass is 9.97. The monoisotopic (exact) mass is 311 g/mol. The van der Waals surface area contributed by atoms with Gasteiger partial charge in [-0.05, 0) is 36.5 Å². The van der Waals surface area contributed by atoms with Gasteiger partial charge in [0.05, 0.1) is 6.04 Å². The standard InChI is InChI=1S/C20H25NO2/c1-15(2)13-18(17-10-5-4-6-11-17)21-20(22)14-23-19-12-8-7-9-16(19)3/h4-12,15,18H,13-14H2,1-3H3,(H,21,22). The van der Waals surface area contributed by atoms with E-state index in [2.05, 4.69) is 31.3 Å². The van der Waals surface area contributed by atoms with Gasteiger partial charge in [0.25, 0.3) is 5.91 Å². The minimum absolute atomic E-state index is 0.0178. The van der Waals surface area contributed by atoms with E-state index in [4.69, 9.17) is 4.74 Å². The first-order valence-electron chi connectivity index (χ1n) is 8.09. The smallest absolute Gasteiger partial charge is 0.258 e. The Kier molecular flexibility index (Phi) is 6.21. The Balaban J connectivity index is 1.96. The van der Waals surface area contributed by atoms with Crippen LogP contribution < -0.4 is 10.1 Å². The Bertz CT molecular complexity index is 623. The van der Waals surface area contributed by atoms with Crippen molar-refractivity contribution in [1.29, 1.82) is 0 Å². The first-order valence-corrected chi connectivity index (χ1v) is 8.09. The molecule has 0 heterocycles. The van der Waals surface area contributed by atoms with Crippen LogP contribution in [0.15, 0.2) is 54.6 Å². The molecule has 2 aromatic rings. The molecule has 0 saturated heterocycles. The van der Waals surface area contributed by atoms with Crippen molar-refractivity contribution in [1.82, 2.24) is 5.32 Å². The van der Waals surface area contributed by atoms with Crippen molar-refractivity contribution < 1.29 is 9.53 Å². The van der Waals surface area contributed by atoms with E-state index in [1.54, 1.807) is 0 Å². The Labute approximate surface area is 138 Å². The number of para-hydroxylation sites is 1. The summed E-state index contributed by atoms with van der Waals surface area (Å²) in [6.07, 6.45) is 0.903. The molecule has 2 rings (SSSR count). The molecule has 3 nitrogen and oxygen atoms in total. The maximum Gasteiger partial charge on any atom is 0.258 e. The summed E-state index contributed by atoms with van der Waals surface area (Å²) in [5.41, 5.74) is 2.16. The zero-order valence-corrected chi connectivity index (χ0v) is 14.1. The van der Waals surface area contributed by atoms with Gasteiger partial charge in [-0.15, -0.1) is 0 Å². The third kappa shape index (κ3) is 5.44. The van der Waals surface area contributed by atoms with Crippen molar-refractivity contribution in [2.45, 2.75) is 33.2 Å². The van der Waals surface area contributed by atoms with Gasteiger partial charge in [0.2, 0.25) is 0 Å². The predicted octanol–water partition coefficient (Wildman–Crippen LogP) is 4.28. The van der Waals surface area contributed by atoms with Gasteiger partial charge in [-0.1, -0.05) is 62.4 Å². The second kappa shape index (κ2) is 8.37. The number of rotatable bonds is 7. The topological polar surface area (TPSA) is 38.3 Å². The molecule has 0 radical (unpaired) electrons. The van der Waals surface area contributed by atoms with E-state index in [-0.39, 0.29) is 18.6 Å². The molecule has 0 aliphatic carbocycles. The molecule has 0 fully saturated rings. The van der Waals surface area contributed by atoms with Crippen LogP contribution in [-0.4, -0.2) is 12.5 Å². The maximum atomic E-state index is 12.3. The lowest BCUT2D eigenvalue weighted by Gasteiger charge is -2.21. The molecule has 2 aromatic carbocycles. The van der Waals surface area contributed by atoms with Crippen LogP contribution in [0, 0.1) is 12.8 Å². The van der Waals surface area contributed by atoms with Crippen LogP contribution in [0.2, 0.25) is 0 Å². The fourth-order valence-electron chi connectivity index (χ4n) is 2.53. The van der Waals surface area contributed by atoms with E-state index in [1.807, 2.05) is 49.4 Å². The molecule has 0 spiro atoms. The Morgan fingerprint density at radius 3 is 2.35 bits per heavy atom. The average Bonchev–Trinajstić information content (AvgIpc) is 2.54. The van der Waals surface area contributed by atoms with E-state index in [0.29, 0.717) is 5.92 Å². The van der Waals surface area contributed by atoms with Gasteiger partial charge < -0.3 is 10.1 Å².